The van der Waals surface area contributed by atoms with E-state index in [2.05, 4.69) is 9.97 Å². The van der Waals surface area contributed by atoms with Crippen LogP contribution in [-0.2, 0) is 6.54 Å². The van der Waals surface area contributed by atoms with Crippen LogP contribution in [0.3, 0.4) is 0 Å². The van der Waals surface area contributed by atoms with Crippen LogP contribution < -0.4 is 0 Å². The third-order valence-electron chi connectivity index (χ3n) is 3.22. The van der Waals surface area contributed by atoms with Crippen molar-refractivity contribution in [1.29, 1.82) is 0 Å². The SMILES string of the molecule is Cc1ccnc2c1[nH]c(=S)n2Cc1ccc(F)cc1F. The Labute approximate surface area is 118 Å². The Morgan fingerprint density at radius 2 is 2.10 bits per heavy atom. The van der Waals surface area contributed by atoms with Gasteiger partial charge in [-0.3, -0.25) is 4.57 Å². The average molecular weight is 291 g/mol. The zero-order valence-electron chi connectivity index (χ0n) is 10.7. The second-order valence-corrected chi connectivity index (χ2v) is 4.97. The van der Waals surface area contributed by atoms with Crippen LogP contribution in [0.15, 0.2) is 30.5 Å². The van der Waals surface area contributed by atoms with Gasteiger partial charge in [0.25, 0.3) is 0 Å². The molecule has 0 aliphatic rings. The highest BCUT2D eigenvalue weighted by Crippen LogP contribution is 2.18. The first-order chi connectivity index (χ1) is 9.56. The van der Waals surface area contributed by atoms with Gasteiger partial charge in [0.1, 0.15) is 11.6 Å². The molecule has 0 saturated heterocycles. The Morgan fingerprint density at radius 3 is 2.85 bits per heavy atom. The van der Waals surface area contributed by atoms with Crippen molar-refractivity contribution in [3.63, 3.8) is 0 Å². The number of hydrogen-bond acceptors (Lipinski definition) is 2. The summed E-state index contributed by atoms with van der Waals surface area (Å²) in [4.78, 5) is 7.34. The number of pyridine rings is 1. The van der Waals surface area contributed by atoms with Crippen molar-refractivity contribution in [3.8, 4) is 0 Å². The first-order valence-corrected chi connectivity index (χ1v) is 6.45. The largest absolute Gasteiger partial charge is 0.329 e. The van der Waals surface area contributed by atoms with Gasteiger partial charge in [0.2, 0.25) is 0 Å². The second-order valence-electron chi connectivity index (χ2n) is 4.58. The molecule has 0 radical (unpaired) electrons. The quantitative estimate of drug-likeness (QED) is 0.730. The van der Waals surface area contributed by atoms with Crippen molar-refractivity contribution in [3.05, 3.63) is 58.0 Å². The molecule has 0 bridgehead atoms. The third-order valence-corrected chi connectivity index (χ3v) is 3.54. The zero-order valence-corrected chi connectivity index (χ0v) is 11.5. The fourth-order valence-corrected chi connectivity index (χ4v) is 2.39. The second kappa shape index (κ2) is 4.79. The number of aryl methyl sites for hydroxylation is 1. The van der Waals surface area contributed by atoms with Gasteiger partial charge in [0.05, 0.1) is 12.1 Å². The molecule has 2 aromatic heterocycles. The number of nitrogens with zero attached hydrogens (tertiary/aromatic N) is 2. The summed E-state index contributed by atoms with van der Waals surface area (Å²) in [6.07, 6.45) is 1.68. The maximum Gasteiger partial charge on any atom is 0.179 e. The molecule has 0 atom stereocenters. The Morgan fingerprint density at radius 1 is 1.30 bits per heavy atom. The van der Waals surface area contributed by atoms with Gasteiger partial charge in [-0.05, 0) is 36.8 Å². The molecule has 20 heavy (non-hydrogen) atoms. The molecule has 6 heteroatoms. The Kier molecular flexibility index (Phi) is 3.10. The molecule has 0 spiro atoms. The van der Waals surface area contributed by atoms with E-state index in [9.17, 15) is 8.78 Å². The van der Waals surface area contributed by atoms with Gasteiger partial charge in [0, 0.05) is 17.8 Å². The number of nitrogens with one attached hydrogen (secondary N) is 1. The van der Waals surface area contributed by atoms with Crippen LogP contribution in [0.25, 0.3) is 11.2 Å². The fourth-order valence-electron chi connectivity index (χ4n) is 2.14. The standard InChI is InChI=1S/C14H11F2N3S/c1-8-4-5-17-13-12(8)18-14(20)19(13)7-9-2-3-10(15)6-11(9)16/h2-6H,7H2,1H3,(H,18,20). The fraction of sp³-hybridized carbons (Fsp3) is 0.143. The minimum Gasteiger partial charge on any atom is -0.329 e. The van der Waals surface area contributed by atoms with Crippen molar-refractivity contribution < 1.29 is 8.78 Å². The maximum atomic E-state index is 13.7. The zero-order chi connectivity index (χ0) is 14.3. The number of rotatable bonds is 2. The molecule has 0 fully saturated rings. The van der Waals surface area contributed by atoms with Gasteiger partial charge < -0.3 is 4.98 Å². The highest BCUT2D eigenvalue weighted by molar-refractivity contribution is 7.71. The summed E-state index contributed by atoms with van der Waals surface area (Å²) < 4.78 is 28.8. The lowest BCUT2D eigenvalue weighted by molar-refractivity contribution is 0.566. The molecular weight excluding hydrogens is 280 g/mol. The van der Waals surface area contributed by atoms with Crippen LogP contribution >= 0.6 is 12.2 Å². The molecule has 0 aliphatic heterocycles. The molecule has 1 N–H and O–H groups in total. The molecule has 1 aromatic carbocycles. The Hall–Kier alpha value is -2.08. The summed E-state index contributed by atoms with van der Waals surface area (Å²) >= 11 is 5.25. The first kappa shape index (κ1) is 12.9. The first-order valence-electron chi connectivity index (χ1n) is 6.04. The van der Waals surface area contributed by atoms with Crippen molar-refractivity contribution in [2.75, 3.05) is 0 Å². The van der Waals surface area contributed by atoms with Crippen LogP contribution in [0.2, 0.25) is 0 Å². The molecule has 2 heterocycles. The van der Waals surface area contributed by atoms with Crippen LogP contribution in [0.1, 0.15) is 11.1 Å². The molecule has 0 unspecified atom stereocenters. The van der Waals surface area contributed by atoms with Gasteiger partial charge >= 0.3 is 0 Å². The van der Waals surface area contributed by atoms with E-state index >= 15 is 0 Å². The van der Waals surface area contributed by atoms with E-state index in [4.69, 9.17) is 12.2 Å². The number of aromatic nitrogens is 3. The predicted octanol–water partition coefficient (Wildman–Crippen LogP) is 3.73. The smallest absolute Gasteiger partial charge is 0.179 e. The van der Waals surface area contributed by atoms with E-state index in [1.54, 1.807) is 10.8 Å². The van der Waals surface area contributed by atoms with Crippen molar-refractivity contribution in [2.45, 2.75) is 13.5 Å². The van der Waals surface area contributed by atoms with Gasteiger partial charge in [-0.2, -0.15) is 0 Å². The third kappa shape index (κ3) is 2.12. The molecule has 102 valence electrons. The van der Waals surface area contributed by atoms with Crippen LogP contribution in [0, 0.1) is 23.3 Å². The number of imidazole rings is 1. The van der Waals surface area contributed by atoms with E-state index in [1.165, 1.54) is 12.1 Å². The molecule has 3 rings (SSSR count). The van der Waals surface area contributed by atoms with E-state index in [0.29, 0.717) is 16.0 Å². The highest BCUT2D eigenvalue weighted by atomic mass is 32.1. The van der Waals surface area contributed by atoms with Gasteiger partial charge in [0.15, 0.2) is 10.4 Å². The van der Waals surface area contributed by atoms with Crippen LogP contribution in [-0.4, -0.2) is 14.5 Å². The van der Waals surface area contributed by atoms with Crippen molar-refractivity contribution >= 4 is 23.4 Å². The number of aromatic amines is 1. The summed E-state index contributed by atoms with van der Waals surface area (Å²) in [5.74, 6) is -1.18. The molecule has 3 aromatic rings. The monoisotopic (exact) mass is 291 g/mol. The van der Waals surface area contributed by atoms with Crippen molar-refractivity contribution in [2.24, 2.45) is 0 Å². The molecule has 0 aliphatic carbocycles. The van der Waals surface area contributed by atoms with E-state index < -0.39 is 11.6 Å². The molecule has 3 nitrogen and oxygen atoms in total. The highest BCUT2D eigenvalue weighted by Gasteiger charge is 2.10. The summed E-state index contributed by atoms with van der Waals surface area (Å²) in [7, 11) is 0. The molecule has 0 amide bonds. The number of fused-ring (bicyclic) bond motifs is 1. The van der Waals surface area contributed by atoms with E-state index in [1.807, 2.05) is 13.0 Å². The maximum absolute atomic E-state index is 13.7. The average Bonchev–Trinajstić information content (AvgIpc) is 2.71. The minimum absolute atomic E-state index is 0.210. The van der Waals surface area contributed by atoms with E-state index in [0.717, 1.165) is 17.1 Å². The van der Waals surface area contributed by atoms with Crippen LogP contribution in [0.5, 0.6) is 0 Å². The molecular formula is C14H11F2N3S. The lowest BCUT2D eigenvalue weighted by Gasteiger charge is -2.06. The number of H-pyrrole nitrogens is 1. The number of halogens is 2. The number of hydrogen-bond donors (Lipinski definition) is 1. The summed E-state index contributed by atoms with van der Waals surface area (Å²) in [6, 6.07) is 5.39. The Bertz CT molecular complexity index is 851. The van der Waals surface area contributed by atoms with E-state index in [-0.39, 0.29) is 6.54 Å². The van der Waals surface area contributed by atoms with Crippen molar-refractivity contribution in [1.82, 2.24) is 14.5 Å². The summed E-state index contributed by atoms with van der Waals surface area (Å²) in [5, 5.41) is 0. The normalized spacial score (nSPS) is 11.2. The van der Waals surface area contributed by atoms with Gasteiger partial charge in [-0.25, -0.2) is 13.8 Å². The van der Waals surface area contributed by atoms with Crippen LogP contribution in [0.4, 0.5) is 8.78 Å². The number of benzene rings is 1. The Balaban J connectivity index is 2.13. The lowest BCUT2D eigenvalue weighted by Crippen LogP contribution is -2.03. The van der Waals surface area contributed by atoms with Gasteiger partial charge in [-0.1, -0.05) is 6.07 Å². The summed E-state index contributed by atoms with van der Waals surface area (Å²) in [6.45, 7) is 2.15. The predicted molar refractivity (Wildman–Crippen MR) is 75.1 cm³/mol. The lowest BCUT2D eigenvalue weighted by atomic mass is 10.2. The molecule has 0 saturated carbocycles. The topological polar surface area (TPSA) is 33.6 Å². The minimum atomic E-state index is -0.595. The summed E-state index contributed by atoms with van der Waals surface area (Å²) in [5.41, 5.74) is 2.88. The van der Waals surface area contributed by atoms with Gasteiger partial charge in [-0.15, -0.1) is 0 Å².